The number of hydrogen-bond acceptors (Lipinski definition) is 2. The number of carbonyl (C=O) groups excluding carboxylic acids is 1. The van der Waals surface area contributed by atoms with Crippen molar-refractivity contribution in [2.75, 3.05) is 13.6 Å². The molecular formula is C15H22FNO. The van der Waals surface area contributed by atoms with E-state index >= 15 is 0 Å². The summed E-state index contributed by atoms with van der Waals surface area (Å²) in [7, 11) is 1.92. The van der Waals surface area contributed by atoms with Gasteiger partial charge in [-0.05, 0) is 19.5 Å². The smallest absolute Gasteiger partial charge is 0.127 e. The van der Waals surface area contributed by atoms with E-state index in [0.29, 0.717) is 18.7 Å². The summed E-state index contributed by atoms with van der Waals surface area (Å²) < 4.78 is 13.5. The van der Waals surface area contributed by atoms with Crippen molar-refractivity contribution in [2.45, 2.75) is 33.2 Å². The van der Waals surface area contributed by atoms with Crippen molar-refractivity contribution >= 4 is 6.29 Å². The summed E-state index contributed by atoms with van der Waals surface area (Å²) in [4.78, 5) is 13.2. The monoisotopic (exact) mass is 251 g/mol. The van der Waals surface area contributed by atoms with Crippen LogP contribution in [0, 0.1) is 11.2 Å². The highest BCUT2D eigenvalue weighted by atomic mass is 19.1. The molecule has 3 heteroatoms. The Morgan fingerprint density at radius 2 is 2.06 bits per heavy atom. The van der Waals surface area contributed by atoms with Gasteiger partial charge in [0.05, 0.1) is 0 Å². The van der Waals surface area contributed by atoms with Crippen molar-refractivity contribution in [3.63, 3.8) is 0 Å². The summed E-state index contributed by atoms with van der Waals surface area (Å²) in [5.41, 5.74) is 0.333. The molecule has 2 nitrogen and oxygen atoms in total. The van der Waals surface area contributed by atoms with Gasteiger partial charge in [0.25, 0.3) is 0 Å². The lowest BCUT2D eigenvalue weighted by Gasteiger charge is -2.28. The van der Waals surface area contributed by atoms with Crippen LogP contribution in [0.25, 0.3) is 0 Å². The molecule has 0 aliphatic rings. The van der Waals surface area contributed by atoms with Crippen molar-refractivity contribution < 1.29 is 9.18 Å². The Bertz CT molecular complexity index is 394. The number of nitrogens with zero attached hydrogens (tertiary/aromatic N) is 1. The van der Waals surface area contributed by atoms with Gasteiger partial charge in [0, 0.05) is 24.1 Å². The number of aldehydes is 1. The van der Waals surface area contributed by atoms with Gasteiger partial charge in [-0.2, -0.15) is 0 Å². The molecule has 1 aromatic rings. The zero-order valence-corrected chi connectivity index (χ0v) is 11.4. The Kier molecular flexibility index (Phi) is 5.48. The lowest BCUT2D eigenvalue weighted by atomic mass is 9.87. The molecule has 0 amide bonds. The first kappa shape index (κ1) is 14.8. The maximum atomic E-state index is 13.5. The van der Waals surface area contributed by atoms with E-state index in [-0.39, 0.29) is 11.2 Å². The topological polar surface area (TPSA) is 20.3 Å². The maximum absolute atomic E-state index is 13.5. The minimum atomic E-state index is -0.339. The van der Waals surface area contributed by atoms with Crippen molar-refractivity contribution in [3.05, 3.63) is 35.6 Å². The minimum Gasteiger partial charge on any atom is -0.303 e. The molecule has 0 bridgehead atoms. The lowest BCUT2D eigenvalue weighted by Crippen LogP contribution is -2.34. The van der Waals surface area contributed by atoms with Gasteiger partial charge in [-0.1, -0.05) is 38.5 Å². The highest BCUT2D eigenvalue weighted by molar-refractivity contribution is 5.58. The number of halogens is 1. The van der Waals surface area contributed by atoms with E-state index in [1.54, 1.807) is 12.1 Å². The van der Waals surface area contributed by atoms with Crippen LogP contribution in [0.4, 0.5) is 4.39 Å². The Labute approximate surface area is 109 Å². The van der Waals surface area contributed by atoms with Gasteiger partial charge in [-0.25, -0.2) is 4.39 Å². The first-order valence-electron chi connectivity index (χ1n) is 6.39. The molecule has 0 aliphatic heterocycles. The lowest BCUT2D eigenvalue weighted by molar-refractivity contribution is -0.116. The normalized spacial score (nSPS) is 14.5. The molecule has 18 heavy (non-hydrogen) atoms. The summed E-state index contributed by atoms with van der Waals surface area (Å²) in [5, 5.41) is 0. The van der Waals surface area contributed by atoms with Crippen LogP contribution in [0.3, 0.4) is 0 Å². The third-order valence-electron chi connectivity index (χ3n) is 3.13. The summed E-state index contributed by atoms with van der Waals surface area (Å²) in [6.45, 7) is 5.21. The third kappa shape index (κ3) is 4.22. The minimum absolute atomic E-state index is 0.187. The Morgan fingerprint density at radius 3 is 2.61 bits per heavy atom. The van der Waals surface area contributed by atoms with Gasteiger partial charge in [-0.15, -0.1) is 0 Å². The first-order valence-corrected chi connectivity index (χ1v) is 6.39. The van der Waals surface area contributed by atoms with Gasteiger partial charge in [0.15, 0.2) is 0 Å². The molecule has 0 N–H and O–H groups in total. The van der Waals surface area contributed by atoms with E-state index in [0.717, 1.165) is 19.1 Å². The molecule has 0 radical (unpaired) electrons. The molecule has 0 aliphatic carbocycles. The van der Waals surface area contributed by atoms with E-state index in [1.165, 1.54) is 6.07 Å². The molecule has 100 valence electrons. The Hall–Kier alpha value is -1.22. The highest BCUT2D eigenvalue weighted by Gasteiger charge is 2.24. The fraction of sp³-hybridized carbons (Fsp3) is 0.533. The highest BCUT2D eigenvalue weighted by Crippen LogP contribution is 2.22. The predicted octanol–water partition coefficient (Wildman–Crippen LogP) is 3.26. The first-order chi connectivity index (χ1) is 8.50. The predicted molar refractivity (Wildman–Crippen MR) is 71.8 cm³/mol. The quantitative estimate of drug-likeness (QED) is 0.693. The van der Waals surface area contributed by atoms with Gasteiger partial charge >= 0.3 is 0 Å². The molecule has 1 unspecified atom stereocenters. The number of hydrogen-bond donors (Lipinski definition) is 0. The molecule has 0 saturated carbocycles. The van der Waals surface area contributed by atoms with Crippen LogP contribution >= 0.6 is 0 Å². The van der Waals surface area contributed by atoms with E-state index in [4.69, 9.17) is 0 Å². The average molecular weight is 251 g/mol. The molecule has 0 spiro atoms. The van der Waals surface area contributed by atoms with Crippen LogP contribution in [0.2, 0.25) is 0 Å². The van der Waals surface area contributed by atoms with E-state index in [9.17, 15) is 9.18 Å². The van der Waals surface area contributed by atoms with Crippen LogP contribution in [0.15, 0.2) is 24.3 Å². The zero-order valence-electron chi connectivity index (χ0n) is 11.4. The second-order valence-electron chi connectivity index (χ2n) is 5.29. The molecule has 0 aromatic heterocycles. The molecule has 0 saturated heterocycles. The van der Waals surface area contributed by atoms with Gasteiger partial charge in [0.2, 0.25) is 0 Å². The summed E-state index contributed by atoms with van der Waals surface area (Å²) in [6, 6.07) is 6.76. The molecule has 1 rings (SSSR count). The van der Waals surface area contributed by atoms with Crippen molar-refractivity contribution in [1.29, 1.82) is 0 Å². The van der Waals surface area contributed by atoms with Crippen LogP contribution in [-0.4, -0.2) is 24.8 Å². The average Bonchev–Trinajstić information content (AvgIpc) is 2.32. The third-order valence-corrected chi connectivity index (χ3v) is 3.13. The van der Waals surface area contributed by atoms with Gasteiger partial charge in [0.1, 0.15) is 12.1 Å². The summed E-state index contributed by atoms with van der Waals surface area (Å²) >= 11 is 0. The maximum Gasteiger partial charge on any atom is 0.127 e. The van der Waals surface area contributed by atoms with E-state index in [1.807, 2.05) is 24.9 Å². The van der Waals surface area contributed by atoms with Crippen LogP contribution in [0.1, 0.15) is 32.3 Å². The molecule has 1 atom stereocenters. The zero-order chi connectivity index (χ0) is 13.6. The van der Waals surface area contributed by atoms with Crippen LogP contribution in [-0.2, 0) is 11.3 Å². The summed E-state index contributed by atoms with van der Waals surface area (Å²) in [6.07, 6.45) is 2.86. The van der Waals surface area contributed by atoms with Gasteiger partial charge in [-0.3, -0.25) is 0 Å². The van der Waals surface area contributed by atoms with E-state index < -0.39 is 0 Å². The molecule has 0 fully saturated rings. The van der Waals surface area contributed by atoms with Crippen molar-refractivity contribution in [1.82, 2.24) is 4.90 Å². The number of carbonyl (C=O) groups is 1. The Balaban J connectivity index is 2.63. The largest absolute Gasteiger partial charge is 0.303 e. The second kappa shape index (κ2) is 6.64. The Morgan fingerprint density at radius 1 is 1.39 bits per heavy atom. The summed E-state index contributed by atoms with van der Waals surface area (Å²) in [5.74, 6) is -0.187. The molecule has 1 aromatic carbocycles. The molecule has 0 heterocycles. The second-order valence-corrected chi connectivity index (χ2v) is 5.29. The van der Waals surface area contributed by atoms with E-state index in [2.05, 4.69) is 6.92 Å². The van der Waals surface area contributed by atoms with Crippen molar-refractivity contribution in [3.8, 4) is 0 Å². The fourth-order valence-electron chi connectivity index (χ4n) is 2.34. The van der Waals surface area contributed by atoms with Crippen LogP contribution < -0.4 is 0 Å². The fourth-order valence-corrected chi connectivity index (χ4v) is 2.34. The number of rotatable bonds is 7. The SMILES string of the molecule is CCCC(C)(C=O)CN(C)Cc1ccccc1F. The standard InChI is InChI=1S/C15H22FNO/c1-4-9-15(2,12-18)11-17(3)10-13-7-5-6-8-14(13)16/h5-8,12H,4,9-11H2,1-3H3. The van der Waals surface area contributed by atoms with Crippen molar-refractivity contribution in [2.24, 2.45) is 5.41 Å². The molecular weight excluding hydrogens is 229 g/mol. The van der Waals surface area contributed by atoms with Gasteiger partial charge < -0.3 is 9.69 Å². The van der Waals surface area contributed by atoms with Crippen LogP contribution in [0.5, 0.6) is 0 Å². The number of benzene rings is 1.